The van der Waals surface area contributed by atoms with E-state index in [0.29, 0.717) is 24.5 Å². The van der Waals surface area contributed by atoms with Gasteiger partial charge in [-0.3, -0.25) is 0 Å². The predicted molar refractivity (Wildman–Crippen MR) is 85.1 cm³/mol. The Morgan fingerprint density at radius 3 is 2.59 bits per heavy atom. The zero-order chi connectivity index (χ0) is 16.4. The number of urea groups is 1. The third kappa shape index (κ3) is 7.08. The van der Waals surface area contributed by atoms with Crippen LogP contribution in [0.1, 0.15) is 37.0 Å². The van der Waals surface area contributed by atoms with E-state index >= 15 is 0 Å². The zero-order valence-electron chi connectivity index (χ0n) is 13.3. The number of rotatable bonds is 8. The Bertz CT molecular complexity index is 489. The van der Waals surface area contributed by atoms with Gasteiger partial charge in [0, 0.05) is 25.4 Å². The molecule has 6 nitrogen and oxygen atoms in total. The molecule has 0 radical (unpaired) electrons. The van der Waals surface area contributed by atoms with Crippen molar-refractivity contribution in [3.05, 3.63) is 29.8 Å². The first-order chi connectivity index (χ1) is 10.5. The van der Waals surface area contributed by atoms with Crippen LogP contribution in [0, 0.1) is 0 Å². The number of hydrogen-bond acceptors (Lipinski definition) is 4. The van der Waals surface area contributed by atoms with E-state index < -0.39 is 5.97 Å². The number of anilines is 1. The monoisotopic (exact) mass is 308 g/mol. The standard InChI is InChI=1S/C16H24N2O4/c1-12(2)17-16(20)18-14-8-6-7-13(11-14)15(19)22-10-5-4-9-21-3/h6-8,11-12H,4-5,9-10H2,1-3H3,(H2,17,18,20). The van der Waals surface area contributed by atoms with Gasteiger partial charge in [-0.1, -0.05) is 6.07 Å². The summed E-state index contributed by atoms with van der Waals surface area (Å²) in [5.74, 6) is -0.398. The van der Waals surface area contributed by atoms with Gasteiger partial charge in [0.1, 0.15) is 0 Å². The number of methoxy groups -OCH3 is 1. The molecule has 0 aliphatic carbocycles. The fraction of sp³-hybridized carbons (Fsp3) is 0.500. The highest BCUT2D eigenvalue weighted by atomic mass is 16.5. The molecule has 0 saturated heterocycles. The third-order valence-corrected chi connectivity index (χ3v) is 2.75. The maximum atomic E-state index is 11.9. The molecule has 122 valence electrons. The van der Waals surface area contributed by atoms with Crippen molar-refractivity contribution in [3.63, 3.8) is 0 Å². The number of hydrogen-bond donors (Lipinski definition) is 2. The number of amides is 2. The van der Waals surface area contributed by atoms with Gasteiger partial charge in [-0.2, -0.15) is 0 Å². The van der Waals surface area contributed by atoms with Gasteiger partial charge in [0.25, 0.3) is 0 Å². The Kier molecular flexibility index (Phi) is 7.99. The van der Waals surface area contributed by atoms with Crippen molar-refractivity contribution in [2.75, 3.05) is 25.6 Å². The number of ether oxygens (including phenoxy) is 2. The van der Waals surface area contributed by atoms with E-state index in [4.69, 9.17) is 9.47 Å². The van der Waals surface area contributed by atoms with Crippen LogP contribution in [0.15, 0.2) is 24.3 Å². The third-order valence-electron chi connectivity index (χ3n) is 2.75. The average Bonchev–Trinajstić information content (AvgIpc) is 2.46. The number of unbranched alkanes of at least 4 members (excludes halogenated alkanes) is 1. The van der Waals surface area contributed by atoms with Gasteiger partial charge in [0.05, 0.1) is 12.2 Å². The van der Waals surface area contributed by atoms with Crippen molar-refractivity contribution < 1.29 is 19.1 Å². The minimum atomic E-state index is -0.398. The van der Waals surface area contributed by atoms with Crippen molar-refractivity contribution in [1.82, 2.24) is 5.32 Å². The first-order valence-corrected chi connectivity index (χ1v) is 7.36. The molecule has 1 rings (SSSR count). The molecular formula is C16H24N2O4. The van der Waals surface area contributed by atoms with Crippen molar-refractivity contribution in [2.24, 2.45) is 0 Å². The lowest BCUT2D eigenvalue weighted by atomic mass is 10.2. The van der Waals surface area contributed by atoms with E-state index in [0.717, 1.165) is 12.8 Å². The lowest BCUT2D eigenvalue weighted by Gasteiger charge is -2.11. The molecule has 2 N–H and O–H groups in total. The fourth-order valence-corrected chi connectivity index (χ4v) is 1.75. The predicted octanol–water partition coefficient (Wildman–Crippen LogP) is 2.80. The fourth-order valence-electron chi connectivity index (χ4n) is 1.75. The lowest BCUT2D eigenvalue weighted by molar-refractivity contribution is 0.0489. The normalized spacial score (nSPS) is 10.4. The average molecular weight is 308 g/mol. The van der Waals surface area contributed by atoms with Crippen LogP contribution in [0.3, 0.4) is 0 Å². The Balaban J connectivity index is 2.48. The van der Waals surface area contributed by atoms with Crippen LogP contribution in [-0.2, 0) is 9.47 Å². The van der Waals surface area contributed by atoms with Crippen LogP contribution >= 0.6 is 0 Å². The summed E-state index contributed by atoms with van der Waals surface area (Å²) in [4.78, 5) is 23.5. The number of benzene rings is 1. The van der Waals surface area contributed by atoms with Crippen LogP contribution in [0.5, 0.6) is 0 Å². The molecule has 0 saturated carbocycles. The molecule has 0 unspecified atom stereocenters. The molecule has 0 aliphatic rings. The topological polar surface area (TPSA) is 76.7 Å². The van der Waals surface area contributed by atoms with Gasteiger partial charge in [0.15, 0.2) is 0 Å². The maximum Gasteiger partial charge on any atom is 0.338 e. The van der Waals surface area contributed by atoms with Gasteiger partial charge in [-0.05, 0) is 44.9 Å². The summed E-state index contributed by atoms with van der Waals surface area (Å²) < 4.78 is 10.1. The molecule has 0 aromatic heterocycles. The van der Waals surface area contributed by atoms with Crippen LogP contribution in [-0.4, -0.2) is 38.4 Å². The molecule has 0 bridgehead atoms. The van der Waals surface area contributed by atoms with Gasteiger partial charge in [-0.15, -0.1) is 0 Å². The first-order valence-electron chi connectivity index (χ1n) is 7.36. The molecule has 1 aromatic rings. The van der Waals surface area contributed by atoms with Crippen molar-refractivity contribution in [3.8, 4) is 0 Å². The highest BCUT2D eigenvalue weighted by Crippen LogP contribution is 2.12. The van der Waals surface area contributed by atoms with E-state index in [1.165, 1.54) is 0 Å². The summed E-state index contributed by atoms with van der Waals surface area (Å²) >= 11 is 0. The van der Waals surface area contributed by atoms with Crippen LogP contribution in [0.25, 0.3) is 0 Å². The molecule has 0 heterocycles. The van der Waals surface area contributed by atoms with E-state index in [-0.39, 0.29) is 12.1 Å². The van der Waals surface area contributed by atoms with Crippen LogP contribution in [0.4, 0.5) is 10.5 Å². The van der Waals surface area contributed by atoms with Gasteiger partial charge < -0.3 is 20.1 Å². The molecule has 6 heteroatoms. The van der Waals surface area contributed by atoms with E-state index in [9.17, 15) is 9.59 Å². The molecule has 0 aliphatic heterocycles. The molecule has 22 heavy (non-hydrogen) atoms. The van der Waals surface area contributed by atoms with Crippen molar-refractivity contribution in [2.45, 2.75) is 32.7 Å². The number of esters is 1. The minimum Gasteiger partial charge on any atom is -0.462 e. The van der Waals surface area contributed by atoms with Gasteiger partial charge in [-0.25, -0.2) is 9.59 Å². The summed E-state index contributed by atoms with van der Waals surface area (Å²) in [6, 6.07) is 6.41. The molecule has 2 amide bonds. The molecule has 0 atom stereocenters. The highest BCUT2D eigenvalue weighted by molar-refractivity contribution is 5.93. The highest BCUT2D eigenvalue weighted by Gasteiger charge is 2.09. The lowest BCUT2D eigenvalue weighted by Crippen LogP contribution is -2.34. The zero-order valence-corrected chi connectivity index (χ0v) is 13.3. The van der Waals surface area contributed by atoms with Crippen molar-refractivity contribution in [1.29, 1.82) is 0 Å². The number of carbonyl (C=O) groups excluding carboxylic acids is 2. The Morgan fingerprint density at radius 1 is 1.18 bits per heavy atom. The Morgan fingerprint density at radius 2 is 1.91 bits per heavy atom. The summed E-state index contributed by atoms with van der Waals surface area (Å²) in [5, 5.41) is 5.39. The van der Waals surface area contributed by atoms with E-state index in [2.05, 4.69) is 10.6 Å². The summed E-state index contributed by atoms with van der Waals surface area (Å²) in [7, 11) is 1.64. The first kappa shape index (κ1) is 18.0. The molecule has 0 fully saturated rings. The maximum absolute atomic E-state index is 11.9. The summed E-state index contributed by atoms with van der Waals surface area (Å²) in [6.45, 7) is 4.75. The van der Waals surface area contributed by atoms with Gasteiger partial charge in [0.2, 0.25) is 0 Å². The number of carbonyl (C=O) groups is 2. The van der Waals surface area contributed by atoms with Crippen LogP contribution in [0.2, 0.25) is 0 Å². The van der Waals surface area contributed by atoms with Gasteiger partial charge >= 0.3 is 12.0 Å². The second-order valence-electron chi connectivity index (χ2n) is 5.17. The SMILES string of the molecule is COCCCCOC(=O)c1cccc(NC(=O)NC(C)C)c1. The van der Waals surface area contributed by atoms with E-state index in [1.54, 1.807) is 31.4 Å². The second-order valence-corrected chi connectivity index (χ2v) is 5.17. The Hall–Kier alpha value is -2.08. The molecule has 0 spiro atoms. The largest absolute Gasteiger partial charge is 0.462 e. The van der Waals surface area contributed by atoms with Crippen molar-refractivity contribution >= 4 is 17.7 Å². The summed E-state index contributed by atoms with van der Waals surface area (Å²) in [5.41, 5.74) is 0.959. The quantitative estimate of drug-likeness (QED) is 0.572. The summed E-state index contributed by atoms with van der Waals surface area (Å²) in [6.07, 6.45) is 1.61. The molecule has 1 aromatic carbocycles. The minimum absolute atomic E-state index is 0.0419. The smallest absolute Gasteiger partial charge is 0.338 e. The second kappa shape index (κ2) is 9.78. The van der Waals surface area contributed by atoms with Crippen LogP contribution < -0.4 is 10.6 Å². The Labute approximate surface area is 131 Å². The number of nitrogens with one attached hydrogen (secondary N) is 2. The molecular weight excluding hydrogens is 284 g/mol. The van der Waals surface area contributed by atoms with E-state index in [1.807, 2.05) is 13.8 Å².